The maximum absolute atomic E-state index is 12.3. The van der Waals surface area contributed by atoms with E-state index in [0.717, 1.165) is 6.92 Å². The van der Waals surface area contributed by atoms with Crippen LogP contribution in [-0.2, 0) is 0 Å². The summed E-state index contributed by atoms with van der Waals surface area (Å²) in [5, 5.41) is 0.126. The molecule has 0 heterocycles. The number of alkyl halides is 6. The van der Waals surface area contributed by atoms with Crippen LogP contribution in [0.4, 0.5) is 32.0 Å². The van der Waals surface area contributed by atoms with Crippen molar-refractivity contribution in [2.75, 3.05) is 0 Å². The van der Waals surface area contributed by atoms with Crippen LogP contribution in [0.3, 0.4) is 0 Å². The minimum absolute atomic E-state index is 0.0523. The summed E-state index contributed by atoms with van der Waals surface area (Å²) in [6.07, 6.45) is -11.1. The molecule has 1 aromatic rings. The van der Waals surface area contributed by atoms with Gasteiger partial charge in [-0.2, -0.15) is 26.3 Å². The fraction of sp³-hybridized carbons (Fsp3) is 0.250. The van der Waals surface area contributed by atoms with E-state index >= 15 is 0 Å². The molecule has 0 aliphatic carbocycles. The fourth-order valence-corrected chi connectivity index (χ4v) is 1.48. The zero-order valence-corrected chi connectivity index (χ0v) is 10.7. The summed E-state index contributed by atoms with van der Waals surface area (Å²) < 4.78 is 74.0. The molecule has 1 aromatic carbocycles. The van der Waals surface area contributed by atoms with E-state index in [1.807, 2.05) is 0 Å². The molecular formula is C12H8ClF6N. The predicted octanol–water partition coefficient (Wildman–Crippen LogP) is 5.48. The summed E-state index contributed by atoms with van der Waals surface area (Å²) in [5.74, 6) is 0. The number of hydrogen-bond acceptors (Lipinski definition) is 1. The predicted molar refractivity (Wildman–Crippen MR) is 64.4 cm³/mol. The van der Waals surface area contributed by atoms with E-state index in [0.29, 0.717) is 0 Å². The largest absolute Gasteiger partial charge is 0.421 e. The fourth-order valence-electron chi connectivity index (χ4n) is 1.30. The highest BCUT2D eigenvalue weighted by atomic mass is 35.5. The maximum atomic E-state index is 12.3. The first kappa shape index (κ1) is 16.6. The van der Waals surface area contributed by atoms with Crippen LogP contribution in [0.2, 0.25) is 5.02 Å². The molecule has 20 heavy (non-hydrogen) atoms. The van der Waals surface area contributed by atoms with Gasteiger partial charge in [0, 0.05) is 5.71 Å². The molecule has 0 amide bonds. The molecule has 0 saturated heterocycles. The molecule has 0 N–H and O–H groups in total. The highest BCUT2D eigenvalue weighted by Crippen LogP contribution is 2.38. The van der Waals surface area contributed by atoms with Crippen LogP contribution in [-0.4, -0.2) is 18.1 Å². The molecule has 1 rings (SSSR count). The third kappa shape index (κ3) is 4.56. The first-order chi connectivity index (χ1) is 9.01. The van der Waals surface area contributed by atoms with Crippen molar-refractivity contribution in [1.29, 1.82) is 0 Å². The second-order valence-corrected chi connectivity index (χ2v) is 4.17. The Kier molecular flexibility index (Phi) is 4.86. The van der Waals surface area contributed by atoms with Crippen molar-refractivity contribution in [1.82, 2.24) is 0 Å². The minimum atomic E-state index is -5.50. The summed E-state index contributed by atoms with van der Waals surface area (Å²) in [6.45, 7) is 1.03. The van der Waals surface area contributed by atoms with Gasteiger partial charge in [0.2, 0.25) is 0 Å². The molecule has 0 aromatic heterocycles. The molecule has 0 fully saturated rings. The number of benzene rings is 1. The molecule has 0 aliphatic rings. The van der Waals surface area contributed by atoms with Gasteiger partial charge >= 0.3 is 12.4 Å². The van der Waals surface area contributed by atoms with Gasteiger partial charge in [-0.3, -0.25) is 4.99 Å². The highest BCUT2D eigenvalue weighted by molar-refractivity contribution is 6.33. The number of nitrogens with zero attached hydrogens (tertiary/aromatic N) is 1. The van der Waals surface area contributed by atoms with Gasteiger partial charge in [0.1, 0.15) is 5.57 Å². The Labute approximate surface area is 115 Å². The van der Waals surface area contributed by atoms with Gasteiger partial charge in [-0.25, -0.2) is 0 Å². The molecule has 0 saturated carbocycles. The molecule has 110 valence electrons. The Morgan fingerprint density at radius 3 is 2.00 bits per heavy atom. The lowest BCUT2D eigenvalue weighted by Crippen LogP contribution is -2.26. The first-order valence-corrected chi connectivity index (χ1v) is 5.55. The highest BCUT2D eigenvalue weighted by Gasteiger charge is 2.50. The van der Waals surface area contributed by atoms with E-state index in [9.17, 15) is 26.3 Å². The van der Waals surface area contributed by atoms with Crippen LogP contribution in [0.5, 0.6) is 0 Å². The average Bonchev–Trinajstić information content (AvgIpc) is 2.26. The zero-order valence-electron chi connectivity index (χ0n) is 9.98. The molecule has 0 atom stereocenters. The van der Waals surface area contributed by atoms with Crippen molar-refractivity contribution in [2.45, 2.75) is 19.3 Å². The lowest BCUT2D eigenvalue weighted by molar-refractivity contribution is -0.171. The molecule has 0 aliphatic heterocycles. The van der Waals surface area contributed by atoms with Gasteiger partial charge in [-0.15, -0.1) is 0 Å². The Morgan fingerprint density at radius 2 is 1.55 bits per heavy atom. The van der Waals surface area contributed by atoms with E-state index < -0.39 is 23.6 Å². The Balaban J connectivity index is 3.22. The number of allylic oxidation sites excluding steroid dienone is 2. The second kappa shape index (κ2) is 5.87. The maximum Gasteiger partial charge on any atom is 0.421 e. The van der Waals surface area contributed by atoms with E-state index in [1.165, 1.54) is 18.2 Å². The Bertz CT molecular complexity index is 526. The van der Waals surface area contributed by atoms with Crippen LogP contribution in [0.25, 0.3) is 0 Å². The number of para-hydroxylation sites is 1. The van der Waals surface area contributed by atoms with E-state index in [2.05, 4.69) is 4.99 Å². The Morgan fingerprint density at radius 1 is 1.05 bits per heavy atom. The second-order valence-electron chi connectivity index (χ2n) is 3.76. The number of hydrogen-bond donors (Lipinski definition) is 0. The lowest BCUT2D eigenvalue weighted by Gasteiger charge is -2.14. The van der Waals surface area contributed by atoms with Crippen molar-refractivity contribution in [3.05, 3.63) is 40.9 Å². The molecule has 0 bridgehead atoms. The quantitative estimate of drug-likeness (QED) is 0.506. The van der Waals surface area contributed by atoms with Gasteiger partial charge < -0.3 is 0 Å². The normalized spacial score (nSPS) is 13.3. The van der Waals surface area contributed by atoms with Crippen molar-refractivity contribution in [3.63, 3.8) is 0 Å². The standard InChI is InChI=1S/C12H8ClF6N/c1-7(20-9-5-3-2-4-8(9)13)6-10(11(14,15)16)12(17,18)19/h2-6H,1H3. The van der Waals surface area contributed by atoms with E-state index in [1.54, 1.807) is 6.07 Å². The SMILES string of the molecule is CC(C=C(C(F)(F)F)C(F)(F)F)=Nc1ccccc1Cl. The molecule has 0 spiro atoms. The van der Waals surface area contributed by atoms with Gasteiger partial charge in [-0.05, 0) is 25.1 Å². The number of rotatable bonds is 2. The number of halogens is 7. The lowest BCUT2D eigenvalue weighted by atomic mass is 10.2. The van der Waals surface area contributed by atoms with Gasteiger partial charge in [0.05, 0.1) is 10.7 Å². The van der Waals surface area contributed by atoms with Gasteiger partial charge in [0.15, 0.2) is 0 Å². The molecule has 0 radical (unpaired) electrons. The van der Waals surface area contributed by atoms with E-state index in [4.69, 9.17) is 11.6 Å². The van der Waals surface area contributed by atoms with Crippen LogP contribution < -0.4 is 0 Å². The van der Waals surface area contributed by atoms with E-state index in [-0.39, 0.29) is 16.8 Å². The summed E-state index contributed by atoms with van der Waals surface area (Å²) in [5.41, 5.74) is -2.98. The van der Waals surface area contributed by atoms with Gasteiger partial charge in [0.25, 0.3) is 0 Å². The van der Waals surface area contributed by atoms with Crippen LogP contribution in [0, 0.1) is 0 Å². The zero-order chi connectivity index (χ0) is 15.6. The smallest absolute Gasteiger partial charge is 0.252 e. The third-order valence-corrected chi connectivity index (χ3v) is 2.43. The van der Waals surface area contributed by atoms with Crippen LogP contribution in [0.15, 0.2) is 40.9 Å². The first-order valence-electron chi connectivity index (χ1n) is 5.17. The van der Waals surface area contributed by atoms with Crippen LogP contribution in [0.1, 0.15) is 6.92 Å². The Hall–Kier alpha value is -1.50. The third-order valence-electron chi connectivity index (χ3n) is 2.11. The van der Waals surface area contributed by atoms with Crippen molar-refractivity contribution >= 4 is 23.0 Å². The number of aliphatic imine (C=N–C) groups is 1. The molecule has 0 unspecified atom stereocenters. The van der Waals surface area contributed by atoms with Gasteiger partial charge in [-0.1, -0.05) is 23.7 Å². The topological polar surface area (TPSA) is 12.4 Å². The summed E-state index contributed by atoms with van der Waals surface area (Å²) in [7, 11) is 0. The van der Waals surface area contributed by atoms with Crippen molar-refractivity contribution in [3.8, 4) is 0 Å². The van der Waals surface area contributed by atoms with Crippen LogP contribution >= 0.6 is 11.6 Å². The van der Waals surface area contributed by atoms with Crippen molar-refractivity contribution in [2.24, 2.45) is 4.99 Å². The minimum Gasteiger partial charge on any atom is -0.252 e. The molecule has 8 heteroatoms. The van der Waals surface area contributed by atoms with Crippen molar-refractivity contribution < 1.29 is 26.3 Å². The summed E-state index contributed by atoms with van der Waals surface area (Å²) in [4.78, 5) is 3.63. The molecular weight excluding hydrogens is 308 g/mol. The molecule has 1 nitrogen and oxygen atoms in total. The summed E-state index contributed by atoms with van der Waals surface area (Å²) in [6, 6.07) is 5.87. The average molecular weight is 316 g/mol. The summed E-state index contributed by atoms with van der Waals surface area (Å²) >= 11 is 5.71. The monoisotopic (exact) mass is 315 g/mol.